The van der Waals surface area contributed by atoms with Crippen molar-refractivity contribution in [2.24, 2.45) is 0 Å². The molecule has 0 aliphatic rings. The first-order valence-electron chi connectivity index (χ1n) is 12.8. The number of benzene rings is 3. The van der Waals surface area contributed by atoms with Crippen LogP contribution in [0.15, 0.2) is 83.5 Å². The van der Waals surface area contributed by atoms with Gasteiger partial charge in [-0.15, -0.1) is 0 Å². The zero-order chi connectivity index (χ0) is 29.0. The lowest BCUT2D eigenvalue weighted by molar-refractivity contribution is 0.306. The third-order valence-corrected chi connectivity index (χ3v) is 7.55. The fraction of sp³-hybridized carbons (Fsp3) is 0.172. The van der Waals surface area contributed by atoms with Gasteiger partial charge in [-0.2, -0.15) is 0 Å². The standard InChI is InChI=1S/C29H27BClFN4O4S/c1-41(37,38)12-11-36(30)16-23-7-10-27(40-23)20-5-8-26-24(14-20)29(34-18-33-26)35-22-6-9-28(25(31)15-22)39-17-19-3-2-4-21(32)13-19/h2-10,13-15,18H,11-12,16-17,30H2,1H3,(H,33,34,35). The van der Waals surface area contributed by atoms with Crippen LogP contribution in [-0.4, -0.2) is 49.7 Å². The minimum atomic E-state index is -3.03. The van der Waals surface area contributed by atoms with Crippen molar-refractivity contribution in [2.75, 3.05) is 23.9 Å². The molecule has 12 heteroatoms. The molecule has 8 nitrogen and oxygen atoms in total. The number of furan rings is 1. The molecule has 3 aromatic carbocycles. The van der Waals surface area contributed by atoms with Crippen molar-refractivity contribution in [1.82, 2.24) is 14.8 Å². The largest absolute Gasteiger partial charge is 0.487 e. The molecule has 1 N–H and O–H groups in total. The van der Waals surface area contributed by atoms with E-state index in [2.05, 4.69) is 15.3 Å². The maximum absolute atomic E-state index is 13.4. The number of anilines is 2. The molecule has 0 aliphatic heterocycles. The minimum Gasteiger partial charge on any atom is -0.487 e. The maximum Gasteiger partial charge on any atom is 0.186 e. The minimum absolute atomic E-state index is 0.0907. The SMILES string of the molecule is BN(CCS(C)(=O)=O)Cc1ccc(-c2ccc3ncnc(Nc4ccc(OCc5cccc(F)c5)c(Cl)c4)c3c2)o1. The molecule has 0 saturated carbocycles. The molecule has 0 aliphatic carbocycles. The van der Waals surface area contributed by atoms with Crippen LogP contribution in [0.2, 0.25) is 5.02 Å². The molecule has 0 amide bonds. The van der Waals surface area contributed by atoms with E-state index < -0.39 is 9.84 Å². The number of rotatable bonds is 11. The Hall–Kier alpha value is -3.93. The second-order valence-corrected chi connectivity index (χ2v) is 12.4. The van der Waals surface area contributed by atoms with Crippen molar-refractivity contribution in [3.63, 3.8) is 0 Å². The van der Waals surface area contributed by atoms with Crippen LogP contribution in [0, 0.1) is 5.82 Å². The molecule has 0 spiro atoms. The highest BCUT2D eigenvalue weighted by atomic mass is 35.5. The predicted molar refractivity (Wildman–Crippen MR) is 161 cm³/mol. The first-order chi connectivity index (χ1) is 19.6. The molecular weight excluding hydrogens is 566 g/mol. The van der Waals surface area contributed by atoms with Crippen molar-refractivity contribution < 1.29 is 22.0 Å². The van der Waals surface area contributed by atoms with Gasteiger partial charge in [-0.1, -0.05) is 23.7 Å². The van der Waals surface area contributed by atoms with Gasteiger partial charge in [0.05, 0.1) is 16.3 Å². The van der Waals surface area contributed by atoms with Crippen LogP contribution in [0.25, 0.3) is 22.2 Å². The summed E-state index contributed by atoms with van der Waals surface area (Å²) in [6, 6.07) is 21.1. The van der Waals surface area contributed by atoms with Crippen molar-refractivity contribution >= 4 is 51.8 Å². The second kappa shape index (κ2) is 12.3. The number of aromatic nitrogens is 2. The van der Waals surface area contributed by atoms with Crippen molar-refractivity contribution in [2.45, 2.75) is 13.2 Å². The van der Waals surface area contributed by atoms with Gasteiger partial charge in [0.1, 0.15) is 51.7 Å². The van der Waals surface area contributed by atoms with E-state index in [4.69, 9.17) is 20.8 Å². The van der Waals surface area contributed by atoms with E-state index >= 15 is 0 Å². The van der Waals surface area contributed by atoms with Crippen LogP contribution in [-0.2, 0) is 23.0 Å². The first kappa shape index (κ1) is 28.6. The predicted octanol–water partition coefficient (Wildman–Crippen LogP) is 5.40. The average molecular weight is 593 g/mol. The monoisotopic (exact) mass is 592 g/mol. The number of nitrogens with zero attached hydrogens (tertiary/aromatic N) is 3. The zero-order valence-electron chi connectivity index (χ0n) is 22.5. The summed E-state index contributed by atoms with van der Waals surface area (Å²) in [5, 5.41) is 4.49. The van der Waals surface area contributed by atoms with Crippen molar-refractivity contribution in [1.29, 1.82) is 0 Å². The van der Waals surface area contributed by atoms with Gasteiger partial charge in [0.2, 0.25) is 0 Å². The molecule has 5 aromatic rings. The summed E-state index contributed by atoms with van der Waals surface area (Å²) in [5.74, 6) is 2.25. The average Bonchev–Trinajstić information content (AvgIpc) is 3.39. The van der Waals surface area contributed by atoms with Gasteiger partial charge in [0.25, 0.3) is 0 Å². The highest BCUT2D eigenvalue weighted by molar-refractivity contribution is 7.90. The Kier molecular flexibility index (Phi) is 8.58. The van der Waals surface area contributed by atoms with Gasteiger partial charge in [-0.05, 0) is 66.2 Å². The molecule has 41 heavy (non-hydrogen) atoms. The third kappa shape index (κ3) is 7.63. The molecule has 5 rings (SSSR count). The number of halogens is 2. The molecule has 0 fully saturated rings. The Balaban J connectivity index is 1.30. The quantitative estimate of drug-likeness (QED) is 0.204. The second-order valence-electron chi connectivity index (χ2n) is 9.78. The lowest BCUT2D eigenvalue weighted by atomic mass is 10.1. The lowest BCUT2D eigenvalue weighted by Gasteiger charge is -2.14. The van der Waals surface area contributed by atoms with E-state index in [-0.39, 0.29) is 18.2 Å². The van der Waals surface area contributed by atoms with Gasteiger partial charge in [-0.3, -0.25) is 0 Å². The number of ether oxygens (including phenoxy) is 1. The summed E-state index contributed by atoms with van der Waals surface area (Å²) in [6.07, 6.45) is 2.72. The van der Waals surface area contributed by atoms with Gasteiger partial charge >= 0.3 is 0 Å². The highest BCUT2D eigenvalue weighted by Crippen LogP contribution is 2.33. The van der Waals surface area contributed by atoms with E-state index in [1.54, 1.807) is 24.3 Å². The normalized spacial score (nSPS) is 11.7. The Bertz CT molecular complexity index is 1800. The van der Waals surface area contributed by atoms with Crippen molar-refractivity contribution in [3.05, 3.63) is 101 Å². The van der Waals surface area contributed by atoms with E-state index in [1.165, 1.54) is 24.7 Å². The van der Waals surface area contributed by atoms with Gasteiger partial charge < -0.3 is 19.3 Å². The van der Waals surface area contributed by atoms with E-state index in [1.807, 2.05) is 49.2 Å². The summed E-state index contributed by atoms with van der Waals surface area (Å²) in [7, 11) is -1.18. The number of nitrogens with one attached hydrogen (secondary N) is 1. The zero-order valence-corrected chi connectivity index (χ0v) is 24.0. The fourth-order valence-corrected chi connectivity index (χ4v) is 5.09. The molecule has 0 atom stereocenters. The summed E-state index contributed by atoms with van der Waals surface area (Å²) >= 11 is 6.48. The summed E-state index contributed by atoms with van der Waals surface area (Å²) < 4.78 is 48.2. The number of fused-ring (bicyclic) bond motifs is 1. The Morgan fingerprint density at radius 1 is 1.07 bits per heavy atom. The lowest BCUT2D eigenvalue weighted by Crippen LogP contribution is -2.26. The van der Waals surface area contributed by atoms with Gasteiger partial charge in [0.15, 0.2) is 7.98 Å². The fourth-order valence-electron chi connectivity index (χ4n) is 4.21. The summed E-state index contributed by atoms with van der Waals surface area (Å²) in [5.41, 5.74) is 3.00. The van der Waals surface area contributed by atoms with Gasteiger partial charge in [0, 0.05) is 36.0 Å². The molecule has 2 heterocycles. The first-order valence-corrected chi connectivity index (χ1v) is 15.2. The van der Waals surface area contributed by atoms with Crippen LogP contribution < -0.4 is 10.1 Å². The smallest absolute Gasteiger partial charge is 0.186 e. The summed E-state index contributed by atoms with van der Waals surface area (Å²) in [6.45, 7) is 1.10. The molecular formula is C29H27BClFN4O4S. The number of hydrogen-bond donors (Lipinski definition) is 1. The van der Waals surface area contributed by atoms with E-state index in [0.717, 1.165) is 22.2 Å². The maximum atomic E-state index is 13.4. The molecule has 2 aromatic heterocycles. The van der Waals surface area contributed by atoms with E-state index in [9.17, 15) is 12.8 Å². The molecule has 0 radical (unpaired) electrons. The van der Waals surface area contributed by atoms with Crippen LogP contribution in [0.3, 0.4) is 0 Å². The van der Waals surface area contributed by atoms with Crippen LogP contribution in [0.4, 0.5) is 15.9 Å². The Labute approximate surface area is 243 Å². The Morgan fingerprint density at radius 3 is 2.71 bits per heavy atom. The van der Waals surface area contributed by atoms with Gasteiger partial charge in [-0.25, -0.2) is 22.8 Å². The number of sulfone groups is 1. The highest BCUT2D eigenvalue weighted by Gasteiger charge is 2.13. The van der Waals surface area contributed by atoms with Crippen LogP contribution in [0.5, 0.6) is 5.75 Å². The molecule has 0 saturated heterocycles. The van der Waals surface area contributed by atoms with Crippen LogP contribution >= 0.6 is 11.6 Å². The Morgan fingerprint density at radius 2 is 1.93 bits per heavy atom. The molecule has 0 bridgehead atoms. The topological polar surface area (TPSA) is 97.6 Å². The van der Waals surface area contributed by atoms with Crippen LogP contribution in [0.1, 0.15) is 11.3 Å². The third-order valence-electron chi connectivity index (χ3n) is 6.33. The van der Waals surface area contributed by atoms with Crippen molar-refractivity contribution in [3.8, 4) is 17.1 Å². The number of hydrogen-bond acceptors (Lipinski definition) is 8. The van der Waals surface area contributed by atoms with E-state index in [0.29, 0.717) is 46.7 Å². The summed E-state index contributed by atoms with van der Waals surface area (Å²) in [4.78, 5) is 10.7. The molecule has 210 valence electrons. The molecule has 0 unspecified atom stereocenters.